The Morgan fingerprint density at radius 2 is 2.21 bits per heavy atom. The molecular weight excluding hydrogens is 352 g/mol. The number of nitrogens with one attached hydrogen (secondary N) is 1. The van der Waals surface area contributed by atoms with Crippen molar-refractivity contribution in [3.8, 4) is 5.69 Å². The lowest BCUT2D eigenvalue weighted by molar-refractivity contribution is -0.126. The molecule has 0 spiro atoms. The number of aliphatic hydroxyl groups excluding tert-OH is 1. The molecule has 0 radical (unpaired) electrons. The maximum atomic E-state index is 12.1. The van der Waals surface area contributed by atoms with Gasteiger partial charge in [0.05, 0.1) is 29.7 Å². The van der Waals surface area contributed by atoms with Crippen LogP contribution in [0.25, 0.3) is 5.69 Å². The van der Waals surface area contributed by atoms with Crippen molar-refractivity contribution in [1.82, 2.24) is 20.0 Å². The third-order valence-corrected chi connectivity index (χ3v) is 6.26. The van der Waals surface area contributed by atoms with Crippen LogP contribution in [0.15, 0.2) is 30.9 Å². The van der Waals surface area contributed by atoms with Crippen LogP contribution in [0.2, 0.25) is 0 Å². The van der Waals surface area contributed by atoms with E-state index in [9.17, 15) is 9.90 Å². The average molecular weight is 378 g/mol. The molecule has 1 aromatic carbocycles. The van der Waals surface area contributed by atoms with E-state index in [0.29, 0.717) is 19.0 Å². The lowest BCUT2D eigenvalue weighted by atomic mass is 9.97. The normalized spacial score (nSPS) is 21.2. The molecular formula is C22H26N4O2. The van der Waals surface area contributed by atoms with Gasteiger partial charge in [-0.1, -0.05) is 18.7 Å². The molecule has 1 aromatic heterocycles. The van der Waals surface area contributed by atoms with Gasteiger partial charge in [0, 0.05) is 43.6 Å². The molecule has 1 fully saturated rings. The molecule has 28 heavy (non-hydrogen) atoms. The number of aliphatic hydroxyl groups is 1. The minimum absolute atomic E-state index is 0.0170. The molecule has 1 amide bonds. The molecule has 3 heterocycles. The highest BCUT2D eigenvalue weighted by Gasteiger charge is 2.34. The Hall–Kier alpha value is -2.44. The number of nitrogens with zero attached hydrogens (tertiary/aromatic N) is 3. The van der Waals surface area contributed by atoms with Crippen molar-refractivity contribution in [2.24, 2.45) is 0 Å². The van der Waals surface area contributed by atoms with Crippen LogP contribution in [0.4, 0.5) is 0 Å². The first kappa shape index (κ1) is 17.6. The van der Waals surface area contributed by atoms with Gasteiger partial charge in [0.15, 0.2) is 0 Å². The van der Waals surface area contributed by atoms with Gasteiger partial charge in [-0.05, 0) is 36.5 Å². The third kappa shape index (κ3) is 2.88. The number of carbonyl (C=O) groups is 1. The summed E-state index contributed by atoms with van der Waals surface area (Å²) in [5, 5.41) is 18.5. The Kier molecular flexibility index (Phi) is 4.33. The van der Waals surface area contributed by atoms with Crippen molar-refractivity contribution in [2.75, 3.05) is 19.6 Å². The zero-order valence-corrected chi connectivity index (χ0v) is 16.0. The molecule has 6 nitrogen and oxygen atoms in total. The summed E-state index contributed by atoms with van der Waals surface area (Å²) in [6.45, 7) is 5.79. The van der Waals surface area contributed by atoms with E-state index >= 15 is 0 Å². The van der Waals surface area contributed by atoms with Gasteiger partial charge in [-0.25, -0.2) is 4.68 Å². The number of rotatable bonds is 4. The van der Waals surface area contributed by atoms with E-state index in [1.54, 1.807) is 0 Å². The molecule has 0 unspecified atom stereocenters. The molecule has 6 heteroatoms. The summed E-state index contributed by atoms with van der Waals surface area (Å²) in [5.74, 6) is 0.638. The van der Waals surface area contributed by atoms with E-state index in [0.717, 1.165) is 36.3 Å². The second-order valence-corrected chi connectivity index (χ2v) is 8.03. The van der Waals surface area contributed by atoms with Gasteiger partial charge < -0.3 is 15.3 Å². The number of hydrogen-bond acceptors (Lipinski definition) is 4. The van der Waals surface area contributed by atoms with Crippen molar-refractivity contribution in [2.45, 2.75) is 44.2 Å². The van der Waals surface area contributed by atoms with E-state index in [1.807, 2.05) is 9.58 Å². The lowest BCUT2D eigenvalue weighted by Crippen LogP contribution is -2.40. The minimum atomic E-state index is -0.0230. The molecule has 2 N–H and O–H groups in total. The molecule has 2 aromatic rings. The lowest BCUT2D eigenvalue weighted by Gasteiger charge is -2.28. The zero-order valence-electron chi connectivity index (χ0n) is 16.0. The van der Waals surface area contributed by atoms with Crippen LogP contribution in [0.5, 0.6) is 0 Å². The van der Waals surface area contributed by atoms with E-state index in [1.165, 1.54) is 35.7 Å². The SMILES string of the molecule is C=CC(=O)N1CCc2nn(-c3ccc(C4CC4)cc3CO)c3c2[C@H](C1)NCC3. The van der Waals surface area contributed by atoms with Gasteiger partial charge in [0.25, 0.3) is 0 Å². The van der Waals surface area contributed by atoms with Crippen LogP contribution in [0.1, 0.15) is 52.9 Å². The molecule has 3 aliphatic rings. The van der Waals surface area contributed by atoms with Crippen molar-refractivity contribution in [3.63, 3.8) is 0 Å². The van der Waals surface area contributed by atoms with Crippen LogP contribution >= 0.6 is 0 Å². The molecule has 146 valence electrons. The number of benzene rings is 1. The Labute approximate surface area is 164 Å². The molecule has 1 atom stereocenters. The Morgan fingerprint density at radius 3 is 2.96 bits per heavy atom. The highest BCUT2D eigenvalue weighted by atomic mass is 16.3. The summed E-state index contributed by atoms with van der Waals surface area (Å²) in [6, 6.07) is 6.55. The minimum Gasteiger partial charge on any atom is -0.392 e. The van der Waals surface area contributed by atoms with Gasteiger partial charge in [-0.15, -0.1) is 0 Å². The van der Waals surface area contributed by atoms with Crippen LogP contribution in [-0.2, 0) is 24.2 Å². The van der Waals surface area contributed by atoms with Gasteiger partial charge >= 0.3 is 0 Å². The van der Waals surface area contributed by atoms with Gasteiger partial charge in [0.2, 0.25) is 5.91 Å². The Balaban J connectivity index is 1.56. The fourth-order valence-corrected chi connectivity index (χ4v) is 4.66. The zero-order chi connectivity index (χ0) is 19.3. The second kappa shape index (κ2) is 6.87. The summed E-state index contributed by atoms with van der Waals surface area (Å²) < 4.78 is 2.05. The smallest absolute Gasteiger partial charge is 0.246 e. The first-order chi connectivity index (χ1) is 13.7. The quantitative estimate of drug-likeness (QED) is 0.799. The predicted octanol–water partition coefficient (Wildman–Crippen LogP) is 2.00. The summed E-state index contributed by atoms with van der Waals surface area (Å²) in [4.78, 5) is 14.0. The molecule has 0 saturated heterocycles. The van der Waals surface area contributed by atoms with Crippen LogP contribution in [0.3, 0.4) is 0 Å². The van der Waals surface area contributed by atoms with Crippen molar-refractivity contribution in [3.05, 3.63) is 58.9 Å². The van der Waals surface area contributed by atoms with Crippen molar-refractivity contribution < 1.29 is 9.90 Å². The molecule has 2 aliphatic heterocycles. The molecule has 0 bridgehead atoms. The summed E-state index contributed by atoms with van der Waals surface area (Å²) >= 11 is 0. The second-order valence-electron chi connectivity index (χ2n) is 8.03. The first-order valence-corrected chi connectivity index (χ1v) is 10.2. The van der Waals surface area contributed by atoms with E-state index < -0.39 is 0 Å². The number of amides is 1. The van der Waals surface area contributed by atoms with Gasteiger partial charge in [-0.3, -0.25) is 4.79 Å². The summed E-state index contributed by atoms with van der Waals surface area (Å²) in [7, 11) is 0. The molecule has 1 aliphatic carbocycles. The molecule has 5 rings (SSSR count). The standard InChI is InChI=1S/C22H26N4O2/c1-2-21(28)25-10-8-17-22-18(12-25)23-9-7-20(22)26(24-17)19-6-5-15(14-3-4-14)11-16(19)13-27/h2,5-6,11,14,18,23,27H,1,3-4,7-10,12-13H2/t18-/m0/s1. The topological polar surface area (TPSA) is 70.4 Å². The van der Waals surface area contributed by atoms with Crippen LogP contribution in [-0.4, -0.2) is 45.3 Å². The maximum absolute atomic E-state index is 12.1. The number of aromatic nitrogens is 2. The van der Waals surface area contributed by atoms with Crippen LogP contribution < -0.4 is 5.32 Å². The fourth-order valence-electron chi connectivity index (χ4n) is 4.66. The Morgan fingerprint density at radius 1 is 1.36 bits per heavy atom. The van der Waals surface area contributed by atoms with E-state index in [4.69, 9.17) is 5.10 Å². The highest BCUT2D eigenvalue weighted by Crippen LogP contribution is 2.41. The predicted molar refractivity (Wildman–Crippen MR) is 106 cm³/mol. The summed E-state index contributed by atoms with van der Waals surface area (Å²) in [6.07, 6.45) is 5.52. The van der Waals surface area contributed by atoms with Crippen molar-refractivity contribution in [1.29, 1.82) is 0 Å². The van der Waals surface area contributed by atoms with E-state index in [-0.39, 0.29) is 18.6 Å². The maximum Gasteiger partial charge on any atom is 0.246 e. The van der Waals surface area contributed by atoms with E-state index in [2.05, 4.69) is 30.1 Å². The summed E-state index contributed by atoms with van der Waals surface area (Å²) in [5.41, 5.74) is 6.75. The Bertz CT molecular complexity index is 944. The number of carbonyl (C=O) groups excluding carboxylic acids is 1. The highest BCUT2D eigenvalue weighted by molar-refractivity contribution is 5.87. The average Bonchev–Trinajstić information content (AvgIpc) is 3.53. The van der Waals surface area contributed by atoms with Gasteiger partial charge in [-0.2, -0.15) is 5.10 Å². The third-order valence-electron chi connectivity index (χ3n) is 6.26. The number of hydrogen-bond donors (Lipinski definition) is 2. The van der Waals surface area contributed by atoms with Crippen LogP contribution in [0, 0.1) is 0 Å². The monoisotopic (exact) mass is 378 g/mol. The largest absolute Gasteiger partial charge is 0.392 e. The van der Waals surface area contributed by atoms with Crippen molar-refractivity contribution >= 4 is 5.91 Å². The first-order valence-electron chi connectivity index (χ1n) is 10.2. The molecule has 1 saturated carbocycles. The fraction of sp³-hybridized carbons (Fsp3) is 0.455. The van der Waals surface area contributed by atoms with Gasteiger partial charge in [0.1, 0.15) is 0 Å².